The highest BCUT2D eigenvalue weighted by Gasteiger charge is 2.25. The molecular weight excluding hydrogens is 541 g/mol. The summed E-state index contributed by atoms with van der Waals surface area (Å²) in [5, 5.41) is 9.00. The summed E-state index contributed by atoms with van der Waals surface area (Å²) in [7, 11) is -1.60. The minimum atomic E-state index is -1.60. The molecule has 1 aliphatic rings. The third-order valence-electron chi connectivity index (χ3n) is 9.30. The van der Waals surface area contributed by atoms with Crippen LogP contribution in [0.15, 0.2) is 114 Å². The number of hydrogen-bond donors (Lipinski definition) is 0. The van der Waals surface area contributed by atoms with E-state index in [1.165, 1.54) is 70.8 Å². The molecule has 0 fully saturated rings. The number of para-hydroxylation sites is 4. The van der Waals surface area contributed by atoms with Crippen molar-refractivity contribution in [1.29, 1.82) is 0 Å². The summed E-state index contributed by atoms with van der Waals surface area (Å²) in [6, 6.07) is 40.0. The first-order valence-corrected chi connectivity index (χ1v) is 18.8. The van der Waals surface area contributed by atoms with E-state index in [0.29, 0.717) is 0 Å². The molecule has 1 aliphatic carbocycles. The Labute approximate surface area is 250 Å². The SMILES string of the molecule is C[Si](C)(C)c1cccc2c3c(oc12)=C(n1c2ccccc2c2cc4c5ccccc5n(-c5ccccc5)c4cc21)CCC=3. The van der Waals surface area contributed by atoms with Gasteiger partial charge in [0.25, 0.3) is 0 Å². The maximum atomic E-state index is 6.95. The van der Waals surface area contributed by atoms with Crippen LogP contribution in [0.5, 0.6) is 0 Å². The molecule has 0 N–H and O–H groups in total. The summed E-state index contributed by atoms with van der Waals surface area (Å²) in [6.07, 6.45) is 4.31. The molecule has 0 atom stereocenters. The fourth-order valence-electron chi connectivity index (χ4n) is 7.40. The molecule has 0 saturated carbocycles. The number of benzene rings is 5. The van der Waals surface area contributed by atoms with E-state index in [4.69, 9.17) is 4.42 Å². The summed E-state index contributed by atoms with van der Waals surface area (Å²) < 4.78 is 11.9. The Morgan fingerprint density at radius 3 is 1.93 bits per heavy atom. The van der Waals surface area contributed by atoms with E-state index in [-0.39, 0.29) is 0 Å². The van der Waals surface area contributed by atoms with Crippen LogP contribution in [0.1, 0.15) is 12.8 Å². The van der Waals surface area contributed by atoms with Crippen LogP contribution in [-0.4, -0.2) is 17.2 Å². The average molecular weight is 573 g/mol. The summed E-state index contributed by atoms with van der Waals surface area (Å²) in [6.45, 7) is 7.21. The molecule has 0 spiro atoms. The zero-order valence-electron chi connectivity index (χ0n) is 24.7. The normalized spacial score (nSPS) is 13.9. The molecule has 3 heterocycles. The number of aromatic nitrogens is 2. The van der Waals surface area contributed by atoms with Crippen LogP contribution in [0.3, 0.4) is 0 Å². The highest BCUT2D eigenvalue weighted by molar-refractivity contribution is 6.90. The first kappa shape index (κ1) is 24.8. The number of nitrogens with zero attached hydrogens (tertiary/aromatic N) is 2. The quantitative estimate of drug-likeness (QED) is 0.195. The smallest absolute Gasteiger partial charge is 0.154 e. The molecule has 43 heavy (non-hydrogen) atoms. The Hall–Kier alpha value is -4.80. The number of rotatable bonds is 3. The van der Waals surface area contributed by atoms with Crippen molar-refractivity contribution in [2.45, 2.75) is 32.5 Å². The van der Waals surface area contributed by atoms with Crippen LogP contribution in [0.4, 0.5) is 0 Å². The Kier molecular flexibility index (Phi) is 5.10. The van der Waals surface area contributed by atoms with Crippen LogP contribution in [0.25, 0.3) is 72.0 Å². The molecule has 0 bridgehead atoms. The highest BCUT2D eigenvalue weighted by atomic mass is 28.3. The first-order chi connectivity index (χ1) is 21.0. The van der Waals surface area contributed by atoms with Gasteiger partial charge in [0.1, 0.15) is 5.58 Å². The van der Waals surface area contributed by atoms with Gasteiger partial charge in [-0.25, -0.2) is 0 Å². The Morgan fingerprint density at radius 2 is 1.21 bits per heavy atom. The van der Waals surface area contributed by atoms with Gasteiger partial charge in [0.15, 0.2) is 5.42 Å². The molecule has 0 unspecified atom stereocenters. The van der Waals surface area contributed by atoms with Gasteiger partial charge in [0.2, 0.25) is 0 Å². The van der Waals surface area contributed by atoms with E-state index in [0.717, 1.165) is 23.8 Å². The monoisotopic (exact) mass is 572 g/mol. The number of fused-ring (bicyclic) bond motifs is 9. The van der Waals surface area contributed by atoms with E-state index < -0.39 is 8.07 Å². The molecule has 4 heteroatoms. The van der Waals surface area contributed by atoms with Crippen molar-refractivity contribution in [1.82, 2.24) is 9.13 Å². The summed E-state index contributed by atoms with van der Waals surface area (Å²) in [5.74, 6) is 0. The minimum absolute atomic E-state index is 0.933. The zero-order chi connectivity index (χ0) is 28.9. The van der Waals surface area contributed by atoms with Crippen molar-refractivity contribution < 1.29 is 4.42 Å². The lowest BCUT2D eigenvalue weighted by molar-refractivity contribution is 0.565. The molecule has 208 valence electrons. The van der Waals surface area contributed by atoms with Gasteiger partial charge in [-0.05, 0) is 54.4 Å². The topological polar surface area (TPSA) is 23.0 Å². The van der Waals surface area contributed by atoms with E-state index in [9.17, 15) is 0 Å². The van der Waals surface area contributed by atoms with E-state index in [2.05, 4.69) is 144 Å². The fourth-order valence-corrected chi connectivity index (χ4v) is 8.87. The van der Waals surface area contributed by atoms with Crippen molar-refractivity contribution in [3.8, 4) is 5.69 Å². The lowest BCUT2D eigenvalue weighted by Gasteiger charge is -2.16. The van der Waals surface area contributed by atoms with Crippen LogP contribution in [-0.2, 0) is 0 Å². The summed E-state index contributed by atoms with van der Waals surface area (Å²) in [4.78, 5) is 0. The van der Waals surface area contributed by atoms with Gasteiger partial charge in [0.05, 0.1) is 35.8 Å². The second-order valence-corrected chi connectivity index (χ2v) is 17.9. The molecular formula is C39H32N2OSi. The third kappa shape index (κ3) is 3.47. The van der Waals surface area contributed by atoms with Crippen LogP contribution < -0.4 is 15.8 Å². The lowest BCUT2D eigenvalue weighted by atomic mass is 10.1. The van der Waals surface area contributed by atoms with Crippen LogP contribution in [0, 0.1) is 0 Å². The molecule has 0 saturated heterocycles. The van der Waals surface area contributed by atoms with Gasteiger partial charge in [-0.1, -0.05) is 98.5 Å². The molecule has 8 aromatic rings. The van der Waals surface area contributed by atoms with Crippen molar-refractivity contribution in [2.24, 2.45) is 0 Å². The van der Waals surface area contributed by atoms with Gasteiger partial charge in [-0.15, -0.1) is 0 Å². The van der Waals surface area contributed by atoms with Gasteiger partial charge in [0, 0.05) is 37.8 Å². The minimum Gasteiger partial charge on any atom is -0.454 e. The fraction of sp³-hybridized carbons (Fsp3) is 0.128. The molecule has 9 rings (SSSR count). The average Bonchev–Trinajstić information content (AvgIpc) is 3.67. The predicted molar refractivity (Wildman–Crippen MR) is 185 cm³/mol. The van der Waals surface area contributed by atoms with Crippen molar-refractivity contribution in [3.63, 3.8) is 0 Å². The maximum Gasteiger partial charge on any atom is 0.154 e. The van der Waals surface area contributed by atoms with Gasteiger partial charge in [-0.3, -0.25) is 0 Å². The lowest BCUT2D eigenvalue weighted by Crippen LogP contribution is -2.37. The summed E-state index contributed by atoms with van der Waals surface area (Å²) >= 11 is 0. The van der Waals surface area contributed by atoms with Gasteiger partial charge in [-0.2, -0.15) is 0 Å². The summed E-state index contributed by atoms with van der Waals surface area (Å²) in [5.41, 5.74) is 9.44. The van der Waals surface area contributed by atoms with Crippen molar-refractivity contribution >= 4 is 79.6 Å². The molecule has 0 amide bonds. The molecule has 0 radical (unpaired) electrons. The second kappa shape index (κ2) is 8.85. The van der Waals surface area contributed by atoms with Gasteiger partial charge < -0.3 is 13.6 Å². The van der Waals surface area contributed by atoms with Crippen molar-refractivity contribution in [2.75, 3.05) is 0 Å². The predicted octanol–water partition coefficient (Wildman–Crippen LogP) is 8.41. The van der Waals surface area contributed by atoms with Crippen LogP contribution in [0.2, 0.25) is 19.6 Å². The number of furan rings is 1. The highest BCUT2D eigenvalue weighted by Crippen LogP contribution is 2.39. The Morgan fingerprint density at radius 1 is 0.581 bits per heavy atom. The molecule has 3 aromatic heterocycles. The third-order valence-corrected chi connectivity index (χ3v) is 11.3. The van der Waals surface area contributed by atoms with Gasteiger partial charge >= 0.3 is 0 Å². The first-order valence-electron chi connectivity index (χ1n) is 15.3. The van der Waals surface area contributed by atoms with Crippen LogP contribution >= 0.6 is 0 Å². The molecule has 0 aliphatic heterocycles. The Bertz CT molecular complexity index is 2540. The second-order valence-electron chi connectivity index (χ2n) is 12.9. The van der Waals surface area contributed by atoms with Crippen molar-refractivity contribution in [3.05, 3.63) is 120 Å². The van der Waals surface area contributed by atoms with E-state index >= 15 is 0 Å². The van der Waals surface area contributed by atoms with E-state index in [1.54, 1.807) is 0 Å². The molecule has 3 nitrogen and oxygen atoms in total. The largest absolute Gasteiger partial charge is 0.454 e. The zero-order valence-corrected chi connectivity index (χ0v) is 25.7. The van der Waals surface area contributed by atoms with E-state index in [1.807, 2.05) is 0 Å². The maximum absolute atomic E-state index is 6.95. The Balaban J connectivity index is 1.46. The number of hydrogen-bond acceptors (Lipinski definition) is 1. The molecule has 5 aromatic carbocycles. The standard InChI is InChI=1S/C39H32N2OSi/c1-43(2,3)37-22-12-18-29-28-17-11-21-34(38(28)42-39(29)37)41-33-20-10-8-16-27(33)31-23-30-26-15-7-9-19-32(26)40(35(30)24-36(31)41)25-13-5-4-6-14-25/h4-10,12-20,22-24H,11,21H2,1-3H3.